The van der Waals surface area contributed by atoms with Crippen LogP contribution in [0.25, 0.3) is 11.1 Å². The fourth-order valence-corrected chi connectivity index (χ4v) is 3.43. The average Bonchev–Trinajstić information content (AvgIpc) is 3.54. The summed E-state index contributed by atoms with van der Waals surface area (Å²) >= 11 is 0. The van der Waals surface area contributed by atoms with Gasteiger partial charge in [-0.2, -0.15) is 18.4 Å². The number of nitrogens with one attached hydrogen (secondary N) is 1. The zero-order chi connectivity index (χ0) is 22.2. The first kappa shape index (κ1) is 20.4. The van der Waals surface area contributed by atoms with Crippen molar-refractivity contribution in [3.8, 4) is 17.2 Å². The topological polar surface area (TPSA) is 91.8 Å². The standard InChI is InChI=1S/C23H17F3N4O/c24-23(25,26)20-11-19(28)18(13-29-20)15-5-7-17(8-6-15)22(9-10-22)30-21(31)16-3-1-14(12-27)2-4-16/h1-8,11,13H,9-10H2,(H2,28,29)(H,30,31). The highest BCUT2D eigenvalue weighted by Gasteiger charge is 2.45. The van der Waals surface area contributed by atoms with Gasteiger partial charge in [0, 0.05) is 23.0 Å². The van der Waals surface area contributed by atoms with Gasteiger partial charge in [0.05, 0.1) is 17.2 Å². The number of nitriles is 1. The summed E-state index contributed by atoms with van der Waals surface area (Å²) in [5.74, 6) is -0.234. The van der Waals surface area contributed by atoms with E-state index in [2.05, 4.69) is 10.3 Å². The molecule has 0 saturated heterocycles. The Kier molecular flexibility index (Phi) is 4.90. The molecule has 4 rings (SSSR count). The van der Waals surface area contributed by atoms with E-state index in [4.69, 9.17) is 11.0 Å². The van der Waals surface area contributed by atoms with Crippen LogP contribution in [0.2, 0.25) is 0 Å². The van der Waals surface area contributed by atoms with Crippen LogP contribution in [0.5, 0.6) is 0 Å². The molecule has 1 amide bonds. The molecule has 1 aliphatic rings. The molecule has 5 nitrogen and oxygen atoms in total. The number of pyridine rings is 1. The van der Waals surface area contributed by atoms with E-state index in [1.807, 2.05) is 18.2 Å². The zero-order valence-corrected chi connectivity index (χ0v) is 16.2. The van der Waals surface area contributed by atoms with Crippen molar-refractivity contribution in [2.24, 2.45) is 0 Å². The maximum atomic E-state index is 12.8. The monoisotopic (exact) mass is 422 g/mol. The van der Waals surface area contributed by atoms with Crippen LogP contribution in [0.3, 0.4) is 0 Å². The van der Waals surface area contributed by atoms with Gasteiger partial charge in [0.1, 0.15) is 5.69 Å². The Balaban J connectivity index is 1.52. The van der Waals surface area contributed by atoms with E-state index in [9.17, 15) is 18.0 Å². The van der Waals surface area contributed by atoms with Crippen molar-refractivity contribution in [2.45, 2.75) is 24.6 Å². The number of nitrogens with zero attached hydrogens (tertiary/aromatic N) is 2. The maximum absolute atomic E-state index is 12.8. The second-order valence-electron chi connectivity index (χ2n) is 7.46. The number of carbonyl (C=O) groups excluding carboxylic acids is 1. The molecule has 1 fully saturated rings. The number of nitrogen functional groups attached to an aromatic ring is 1. The quantitative estimate of drug-likeness (QED) is 0.641. The summed E-state index contributed by atoms with van der Waals surface area (Å²) < 4.78 is 38.4. The average molecular weight is 422 g/mol. The van der Waals surface area contributed by atoms with Gasteiger partial charge >= 0.3 is 6.18 Å². The van der Waals surface area contributed by atoms with Crippen LogP contribution < -0.4 is 11.1 Å². The molecule has 2 aromatic carbocycles. The summed E-state index contributed by atoms with van der Waals surface area (Å²) in [4.78, 5) is 16.1. The third kappa shape index (κ3) is 4.08. The number of halogens is 3. The number of nitrogens with two attached hydrogens (primary N) is 1. The molecule has 0 bridgehead atoms. The number of anilines is 1. The number of amides is 1. The number of rotatable bonds is 4. The van der Waals surface area contributed by atoms with Gasteiger partial charge in [-0.15, -0.1) is 0 Å². The van der Waals surface area contributed by atoms with Crippen molar-refractivity contribution in [2.75, 3.05) is 5.73 Å². The second kappa shape index (κ2) is 7.43. The lowest BCUT2D eigenvalue weighted by molar-refractivity contribution is -0.141. The lowest BCUT2D eigenvalue weighted by Crippen LogP contribution is -2.34. The number of carbonyl (C=O) groups is 1. The van der Waals surface area contributed by atoms with Gasteiger partial charge in [0.25, 0.3) is 5.91 Å². The van der Waals surface area contributed by atoms with Gasteiger partial charge in [0.15, 0.2) is 0 Å². The molecule has 1 saturated carbocycles. The van der Waals surface area contributed by atoms with E-state index < -0.39 is 17.4 Å². The van der Waals surface area contributed by atoms with Gasteiger partial charge in [-0.05, 0) is 54.3 Å². The van der Waals surface area contributed by atoms with Crippen LogP contribution in [0, 0.1) is 11.3 Å². The van der Waals surface area contributed by atoms with Gasteiger partial charge in [-0.1, -0.05) is 24.3 Å². The molecule has 156 valence electrons. The summed E-state index contributed by atoms with van der Waals surface area (Å²) in [6.07, 6.45) is -1.88. The molecule has 1 aliphatic carbocycles. The molecule has 3 N–H and O–H groups in total. The summed E-state index contributed by atoms with van der Waals surface area (Å²) in [5.41, 5.74) is 7.18. The van der Waals surface area contributed by atoms with Crippen LogP contribution in [-0.4, -0.2) is 10.9 Å². The number of alkyl halides is 3. The van der Waals surface area contributed by atoms with Gasteiger partial charge in [-0.3, -0.25) is 9.78 Å². The van der Waals surface area contributed by atoms with E-state index in [1.54, 1.807) is 36.4 Å². The van der Waals surface area contributed by atoms with E-state index in [0.717, 1.165) is 30.7 Å². The Hall–Kier alpha value is -3.86. The largest absolute Gasteiger partial charge is 0.433 e. The minimum absolute atomic E-state index is 0.00895. The summed E-state index contributed by atoms with van der Waals surface area (Å²) in [7, 11) is 0. The summed E-state index contributed by atoms with van der Waals surface area (Å²) in [6.45, 7) is 0. The first-order chi connectivity index (χ1) is 14.7. The van der Waals surface area contributed by atoms with E-state index in [-0.39, 0.29) is 11.6 Å². The van der Waals surface area contributed by atoms with Crippen LogP contribution >= 0.6 is 0 Å². The second-order valence-corrected chi connectivity index (χ2v) is 7.46. The molecule has 3 aromatic rings. The highest BCUT2D eigenvalue weighted by Crippen LogP contribution is 2.46. The number of hydrogen-bond acceptors (Lipinski definition) is 4. The van der Waals surface area contributed by atoms with Crippen LogP contribution in [0.1, 0.15) is 40.0 Å². The Morgan fingerprint density at radius 1 is 1.10 bits per heavy atom. The zero-order valence-electron chi connectivity index (χ0n) is 16.2. The summed E-state index contributed by atoms with van der Waals surface area (Å²) in [6, 6.07) is 16.4. The lowest BCUT2D eigenvalue weighted by Gasteiger charge is -2.19. The third-order valence-corrected chi connectivity index (χ3v) is 5.35. The molecule has 1 aromatic heterocycles. The number of hydrogen-bond donors (Lipinski definition) is 2. The molecule has 0 atom stereocenters. The van der Waals surface area contributed by atoms with Gasteiger partial charge in [0.2, 0.25) is 0 Å². The molecule has 1 heterocycles. The van der Waals surface area contributed by atoms with Crippen molar-refractivity contribution in [1.29, 1.82) is 5.26 Å². The van der Waals surface area contributed by atoms with Crippen LogP contribution in [-0.2, 0) is 11.7 Å². The third-order valence-electron chi connectivity index (χ3n) is 5.35. The minimum Gasteiger partial charge on any atom is -0.398 e. The fraction of sp³-hybridized carbons (Fsp3) is 0.174. The van der Waals surface area contributed by atoms with Gasteiger partial charge < -0.3 is 11.1 Å². The molecule has 31 heavy (non-hydrogen) atoms. The van der Waals surface area contributed by atoms with Crippen molar-refractivity contribution < 1.29 is 18.0 Å². The predicted octanol–water partition coefficient (Wildman–Crippen LogP) is 4.64. The van der Waals surface area contributed by atoms with Crippen LogP contribution in [0.4, 0.5) is 18.9 Å². The van der Waals surface area contributed by atoms with Crippen molar-refractivity contribution in [1.82, 2.24) is 10.3 Å². The minimum atomic E-state index is -4.55. The first-order valence-corrected chi connectivity index (χ1v) is 9.48. The Bertz CT molecular complexity index is 1180. The molecule has 8 heteroatoms. The predicted molar refractivity (Wildman–Crippen MR) is 109 cm³/mol. The first-order valence-electron chi connectivity index (χ1n) is 9.48. The molecule has 0 aliphatic heterocycles. The molecule has 0 spiro atoms. The van der Waals surface area contributed by atoms with Gasteiger partial charge in [-0.25, -0.2) is 0 Å². The molecular weight excluding hydrogens is 405 g/mol. The highest BCUT2D eigenvalue weighted by molar-refractivity contribution is 5.95. The van der Waals surface area contributed by atoms with Crippen molar-refractivity contribution in [3.05, 3.63) is 83.2 Å². The smallest absolute Gasteiger partial charge is 0.398 e. The van der Waals surface area contributed by atoms with Crippen LogP contribution in [0.15, 0.2) is 60.8 Å². The van der Waals surface area contributed by atoms with Crippen molar-refractivity contribution >= 4 is 11.6 Å². The summed E-state index contributed by atoms with van der Waals surface area (Å²) in [5, 5.41) is 11.9. The van der Waals surface area contributed by atoms with E-state index in [1.165, 1.54) is 0 Å². The number of benzene rings is 2. The maximum Gasteiger partial charge on any atom is 0.433 e. The molecular formula is C23H17F3N4O. The van der Waals surface area contributed by atoms with Crippen molar-refractivity contribution in [3.63, 3.8) is 0 Å². The van der Waals surface area contributed by atoms with E-state index >= 15 is 0 Å². The molecule has 0 unspecified atom stereocenters. The normalized spacial score (nSPS) is 14.5. The molecule has 0 radical (unpaired) electrons. The Labute approximate surface area is 176 Å². The lowest BCUT2D eigenvalue weighted by atomic mass is 9.99. The number of aromatic nitrogens is 1. The Morgan fingerprint density at radius 3 is 2.26 bits per heavy atom. The van der Waals surface area contributed by atoms with E-state index in [0.29, 0.717) is 22.3 Å². The SMILES string of the molecule is N#Cc1ccc(C(=O)NC2(c3ccc(-c4cnc(C(F)(F)F)cc4N)cc3)CC2)cc1. The Morgan fingerprint density at radius 2 is 1.74 bits per heavy atom. The highest BCUT2D eigenvalue weighted by atomic mass is 19.4. The fourth-order valence-electron chi connectivity index (χ4n) is 3.43.